The van der Waals surface area contributed by atoms with Crippen molar-refractivity contribution in [1.82, 2.24) is 0 Å². The van der Waals surface area contributed by atoms with Gasteiger partial charge in [0.1, 0.15) is 18.1 Å². The molecular formula is C17H16O2. The number of benzene rings is 2. The van der Waals surface area contributed by atoms with Crippen LogP contribution in [0.1, 0.15) is 29.9 Å². The smallest absolute Gasteiger partial charge is 0.140 e. The Kier molecular flexibility index (Phi) is 3.32. The van der Waals surface area contributed by atoms with Crippen LogP contribution < -0.4 is 4.74 Å². The average Bonchev–Trinajstić information content (AvgIpc) is 2.46. The molecule has 0 heterocycles. The second-order valence-electron chi connectivity index (χ2n) is 4.87. The summed E-state index contributed by atoms with van der Waals surface area (Å²) in [6.45, 7) is 0.540. The van der Waals surface area contributed by atoms with Crippen LogP contribution in [0.25, 0.3) is 0 Å². The van der Waals surface area contributed by atoms with Gasteiger partial charge in [-0.15, -0.1) is 0 Å². The van der Waals surface area contributed by atoms with Gasteiger partial charge in [-0.2, -0.15) is 0 Å². The highest BCUT2D eigenvalue weighted by Gasteiger charge is 2.31. The van der Waals surface area contributed by atoms with Crippen LogP contribution in [0.5, 0.6) is 5.75 Å². The average molecular weight is 252 g/mol. The lowest BCUT2D eigenvalue weighted by Crippen LogP contribution is -2.23. The number of carbonyl (C=O) groups excluding carboxylic acids is 1. The van der Waals surface area contributed by atoms with Gasteiger partial charge in [-0.3, -0.25) is 4.79 Å². The topological polar surface area (TPSA) is 26.3 Å². The standard InChI is InChI=1S/C17H16O2/c18-16-11-10-14(16)15-8-4-5-9-17(15)19-12-13-6-2-1-3-7-13/h1-9,14H,10-12H2. The van der Waals surface area contributed by atoms with Crippen LogP contribution in [0.3, 0.4) is 0 Å². The molecule has 2 nitrogen and oxygen atoms in total. The molecule has 1 aliphatic carbocycles. The summed E-state index contributed by atoms with van der Waals surface area (Å²) in [5.74, 6) is 1.21. The van der Waals surface area contributed by atoms with Gasteiger partial charge in [0.25, 0.3) is 0 Å². The van der Waals surface area contributed by atoms with E-state index in [-0.39, 0.29) is 5.92 Å². The molecule has 0 bridgehead atoms. The maximum Gasteiger partial charge on any atom is 0.140 e. The summed E-state index contributed by atoms with van der Waals surface area (Å²) in [5.41, 5.74) is 2.17. The lowest BCUT2D eigenvalue weighted by atomic mass is 9.78. The van der Waals surface area contributed by atoms with Gasteiger partial charge in [0.15, 0.2) is 0 Å². The summed E-state index contributed by atoms with van der Waals surface area (Å²) in [6.07, 6.45) is 1.65. The van der Waals surface area contributed by atoms with Crippen molar-refractivity contribution in [2.24, 2.45) is 0 Å². The number of carbonyl (C=O) groups is 1. The maximum atomic E-state index is 11.6. The largest absolute Gasteiger partial charge is 0.489 e. The van der Waals surface area contributed by atoms with Crippen molar-refractivity contribution in [2.75, 3.05) is 0 Å². The van der Waals surface area contributed by atoms with Crippen LogP contribution >= 0.6 is 0 Å². The Morgan fingerprint density at radius 3 is 2.42 bits per heavy atom. The first kappa shape index (κ1) is 12.0. The zero-order valence-corrected chi connectivity index (χ0v) is 10.7. The van der Waals surface area contributed by atoms with Crippen molar-refractivity contribution in [3.8, 4) is 5.75 Å². The van der Waals surface area contributed by atoms with Crippen molar-refractivity contribution < 1.29 is 9.53 Å². The van der Waals surface area contributed by atoms with E-state index in [0.29, 0.717) is 18.8 Å². The molecule has 3 rings (SSSR count). The molecule has 1 saturated carbocycles. The molecule has 1 unspecified atom stereocenters. The number of hydrogen-bond acceptors (Lipinski definition) is 2. The zero-order chi connectivity index (χ0) is 13.1. The molecule has 0 amide bonds. The van der Waals surface area contributed by atoms with E-state index in [4.69, 9.17) is 4.74 Å². The monoisotopic (exact) mass is 252 g/mol. The molecule has 96 valence electrons. The summed E-state index contributed by atoms with van der Waals surface area (Å²) in [6, 6.07) is 17.9. The number of ether oxygens (including phenoxy) is 1. The minimum atomic E-state index is 0.0481. The first-order chi connectivity index (χ1) is 9.34. The van der Waals surface area contributed by atoms with Crippen molar-refractivity contribution in [2.45, 2.75) is 25.4 Å². The SMILES string of the molecule is O=C1CCC1c1ccccc1OCc1ccccc1. The van der Waals surface area contributed by atoms with Gasteiger partial charge in [-0.05, 0) is 18.1 Å². The molecular weight excluding hydrogens is 236 g/mol. The summed E-state index contributed by atoms with van der Waals surface area (Å²) in [4.78, 5) is 11.6. The fraction of sp³-hybridized carbons (Fsp3) is 0.235. The van der Waals surface area contributed by atoms with Gasteiger partial charge in [-0.1, -0.05) is 48.5 Å². The van der Waals surface area contributed by atoms with Crippen LogP contribution in [0.15, 0.2) is 54.6 Å². The Morgan fingerprint density at radius 1 is 1.00 bits per heavy atom. The van der Waals surface area contributed by atoms with Crippen molar-refractivity contribution >= 4 is 5.78 Å². The number of Topliss-reactive ketones (excluding diaryl/α,β-unsaturated/α-hetero) is 1. The van der Waals surface area contributed by atoms with Gasteiger partial charge in [0, 0.05) is 17.9 Å². The van der Waals surface area contributed by atoms with E-state index in [1.807, 2.05) is 54.6 Å². The third-order valence-electron chi connectivity index (χ3n) is 3.60. The number of hydrogen-bond donors (Lipinski definition) is 0. The first-order valence-electron chi connectivity index (χ1n) is 6.63. The third-order valence-corrected chi connectivity index (χ3v) is 3.60. The predicted octanol–water partition coefficient (Wildman–Crippen LogP) is 3.71. The number of para-hydroxylation sites is 1. The zero-order valence-electron chi connectivity index (χ0n) is 10.7. The predicted molar refractivity (Wildman–Crippen MR) is 74.2 cm³/mol. The normalized spacial score (nSPS) is 17.9. The quantitative estimate of drug-likeness (QED) is 0.829. The maximum absolute atomic E-state index is 11.6. The molecule has 1 atom stereocenters. The highest BCUT2D eigenvalue weighted by molar-refractivity contribution is 5.91. The molecule has 0 radical (unpaired) electrons. The highest BCUT2D eigenvalue weighted by Crippen LogP contribution is 2.38. The van der Waals surface area contributed by atoms with Crippen LogP contribution in [-0.4, -0.2) is 5.78 Å². The van der Waals surface area contributed by atoms with E-state index in [1.165, 1.54) is 0 Å². The van der Waals surface area contributed by atoms with E-state index in [0.717, 1.165) is 23.3 Å². The molecule has 2 aromatic carbocycles. The molecule has 2 heteroatoms. The Bertz CT molecular complexity index is 575. The Labute approximate surface area is 113 Å². The molecule has 0 N–H and O–H groups in total. The summed E-state index contributed by atoms with van der Waals surface area (Å²) in [7, 11) is 0. The minimum absolute atomic E-state index is 0.0481. The number of ketones is 1. The van der Waals surface area contributed by atoms with Gasteiger partial charge in [0.05, 0.1) is 0 Å². The van der Waals surface area contributed by atoms with Crippen molar-refractivity contribution in [1.29, 1.82) is 0 Å². The molecule has 0 saturated heterocycles. The van der Waals surface area contributed by atoms with E-state index in [2.05, 4.69) is 0 Å². The molecule has 19 heavy (non-hydrogen) atoms. The molecule has 0 aliphatic heterocycles. The van der Waals surface area contributed by atoms with Crippen LogP contribution in [-0.2, 0) is 11.4 Å². The second kappa shape index (κ2) is 5.27. The van der Waals surface area contributed by atoms with Gasteiger partial charge in [0.2, 0.25) is 0 Å². The fourth-order valence-corrected chi connectivity index (χ4v) is 2.37. The van der Waals surface area contributed by atoms with Gasteiger partial charge in [-0.25, -0.2) is 0 Å². The summed E-state index contributed by atoms with van der Waals surface area (Å²) < 4.78 is 5.88. The van der Waals surface area contributed by atoms with Crippen LogP contribution in [0.2, 0.25) is 0 Å². The highest BCUT2D eigenvalue weighted by atomic mass is 16.5. The van der Waals surface area contributed by atoms with Gasteiger partial charge < -0.3 is 4.74 Å². The van der Waals surface area contributed by atoms with Crippen molar-refractivity contribution in [3.05, 3.63) is 65.7 Å². The molecule has 1 aliphatic rings. The lowest BCUT2D eigenvalue weighted by molar-refractivity contribution is -0.125. The number of rotatable bonds is 4. The Hall–Kier alpha value is -2.09. The van der Waals surface area contributed by atoms with Crippen molar-refractivity contribution in [3.63, 3.8) is 0 Å². The van der Waals surface area contributed by atoms with E-state index >= 15 is 0 Å². The van der Waals surface area contributed by atoms with Crippen LogP contribution in [0.4, 0.5) is 0 Å². The van der Waals surface area contributed by atoms with E-state index in [1.54, 1.807) is 0 Å². The van der Waals surface area contributed by atoms with E-state index < -0.39 is 0 Å². The minimum Gasteiger partial charge on any atom is -0.489 e. The Morgan fingerprint density at radius 2 is 1.74 bits per heavy atom. The lowest BCUT2D eigenvalue weighted by Gasteiger charge is -2.26. The molecule has 0 spiro atoms. The van der Waals surface area contributed by atoms with Crippen LogP contribution in [0, 0.1) is 0 Å². The second-order valence-corrected chi connectivity index (χ2v) is 4.87. The fourth-order valence-electron chi connectivity index (χ4n) is 2.37. The summed E-state index contributed by atoms with van der Waals surface area (Å²) in [5, 5.41) is 0. The first-order valence-corrected chi connectivity index (χ1v) is 6.63. The third kappa shape index (κ3) is 2.53. The molecule has 0 aromatic heterocycles. The Balaban J connectivity index is 1.76. The van der Waals surface area contributed by atoms with Gasteiger partial charge >= 0.3 is 0 Å². The summed E-state index contributed by atoms with van der Waals surface area (Å²) >= 11 is 0. The van der Waals surface area contributed by atoms with E-state index in [9.17, 15) is 4.79 Å². The molecule has 2 aromatic rings. The molecule has 1 fully saturated rings.